The second kappa shape index (κ2) is 12.8. The largest absolute Gasteiger partial charge is 0.436 e. The molecule has 0 aliphatic rings. The maximum Gasteiger partial charge on any atom is 0.227 e. The molecule has 6 nitrogen and oxygen atoms in total. The van der Waals surface area contributed by atoms with Gasteiger partial charge in [0.25, 0.3) is 0 Å². The van der Waals surface area contributed by atoms with Gasteiger partial charge in [0.05, 0.1) is 10.3 Å². The molecule has 0 saturated carbocycles. The van der Waals surface area contributed by atoms with Gasteiger partial charge in [0, 0.05) is 43.7 Å². The number of thiophene rings is 1. The smallest absolute Gasteiger partial charge is 0.227 e. The lowest BCUT2D eigenvalue weighted by Crippen LogP contribution is -2.09. The molecule has 7 heteroatoms. The van der Waals surface area contributed by atoms with Crippen LogP contribution in [0.15, 0.2) is 179 Å². The number of aromatic nitrogens is 2. The fraction of sp³-hybridized carbons (Fsp3) is 0. The summed E-state index contributed by atoms with van der Waals surface area (Å²) >= 11 is 1.68. The molecule has 262 valence electrons. The van der Waals surface area contributed by atoms with Gasteiger partial charge >= 0.3 is 0 Å². The summed E-state index contributed by atoms with van der Waals surface area (Å²) in [6, 6.07) is 60.4. The molecule has 0 fully saturated rings. The summed E-state index contributed by atoms with van der Waals surface area (Å²) in [5.41, 5.74) is 11.0. The molecule has 0 bridgehead atoms. The number of rotatable bonds is 6. The maximum absolute atomic E-state index is 9.67. The number of nitrogens with zero attached hydrogens (tertiary/aromatic N) is 4. The fourth-order valence-electron chi connectivity index (χ4n) is 7.56. The van der Waals surface area contributed by atoms with E-state index in [4.69, 9.17) is 18.8 Å². The number of nitriles is 1. The van der Waals surface area contributed by atoms with Crippen molar-refractivity contribution in [1.29, 1.82) is 5.26 Å². The van der Waals surface area contributed by atoms with E-state index < -0.39 is 0 Å². The van der Waals surface area contributed by atoms with Crippen molar-refractivity contribution in [3.63, 3.8) is 0 Å². The molecular weight excluding hydrogens is 709 g/mol. The van der Waals surface area contributed by atoms with Gasteiger partial charge in [-0.3, -0.25) is 0 Å². The molecule has 3 heterocycles. The summed E-state index contributed by atoms with van der Waals surface area (Å²) in [6.07, 6.45) is 0. The van der Waals surface area contributed by atoms with Crippen LogP contribution in [0.5, 0.6) is 0 Å². The van der Waals surface area contributed by atoms with Crippen LogP contribution in [0.4, 0.5) is 17.1 Å². The Hall–Kier alpha value is -7.53. The Balaban J connectivity index is 0.969. The Morgan fingerprint density at radius 2 is 1.04 bits per heavy atom. The minimum Gasteiger partial charge on any atom is -0.436 e. The second-order valence-electron chi connectivity index (χ2n) is 13.8. The molecule has 8 aromatic carbocycles. The SMILES string of the molecule is N#Cc1cccc2c1sc1cc(-c3ccc4cc(N(c5ccc(-c6nc7ccccc7o6)cc5)c5ccc(-c6nc7ccccc7o6)cc5)ccc4c3)ccc12. The molecule has 0 aliphatic heterocycles. The Labute approximate surface area is 324 Å². The highest BCUT2D eigenvalue weighted by molar-refractivity contribution is 7.26. The number of fused-ring (bicyclic) bond motifs is 6. The van der Waals surface area contributed by atoms with Crippen molar-refractivity contribution in [2.24, 2.45) is 0 Å². The van der Waals surface area contributed by atoms with Crippen LogP contribution in [-0.4, -0.2) is 9.97 Å². The Morgan fingerprint density at radius 3 is 1.68 bits per heavy atom. The van der Waals surface area contributed by atoms with Crippen molar-refractivity contribution in [2.45, 2.75) is 0 Å². The quantitative estimate of drug-likeness (QED) is 0.169. The third-order valence-corrected chi connectivity index (χ3v) is 11.6. The molecular formula is C49H28N4O2S. The van der Waals surface area contributed by atoms with Gasteiger partial charge in [-0.25, -0.2) is 9.97 Å². The first kappa shape index (κ1) is 31.9. The van der Waals surface area contributed by atoms with Crippen LogP contribution in [0.3, 0.4) is 0 Å². The highest BCUT2D eigenvalue weighted by Gasteiger charge is 2.17. The van der Waals surface area contributed by atoms with Gasteiger partial charge in [-0.05, 0) is 125 Å². The standard InChI is InChI=1S/C49H28N4O2S/c50-29-36-6-5-7-41-40-25-19-35(28-46(40)56-47(36)41)32-12-13-34-27-39(24-18-33(34)26-32)53(37-20-14-30(15-21-37)48-51-42-8-1-3-10-44(42)54-48)38-22-16-31(17-23-38)49-52-43-9-2-4-11-45(43)55-49/h1-28H. The van der Waals surface area contributed by atoms with Crippen LogP contribution >= 0.6 is 11.3 Å². The molecule has 0 amide bonds. The zero-order valence-electron chi connectivity index (χ0n) is 29.7. The van der Waals surface area contributed by atoms with Crippen molar-refractivity contribution in [3.05, 3.63) is 175 Å². The second-order valence-corrected chi connectivity index (χ2v) is 14.8. The van der Waals surface area contributed by atoms with Crippen LogP contribution in [0.2, 0.25) is 0 Å². The highest BCUT2D eigenvalue weighted by atomic mass is 32.1. The van der Waals surface area contributed by atoms with Crippen LogP contribution in [0.1, 0.15) is 5.56 Å². The van der Waals surface area contributed by atoms with E-state index in [1.165, 1.54) is 10.1 Å². The number of para-hydroxylation sites is 4. The predicted molar refractivity (Wildman–Crippen MR) is 228 cm³/mol. The number of anilines is 3. The Bertz CT molecular complexity index is 3150. The number of hydrogen-bond donors (Lipinski definition) is 0. The number of hydrogen-bond acceptors (Lipinski definition) is 7. The molecule has 0 atom stereocenters. The summed E-state index contributed by atoms with van der Waals surface area (Å²) in [6.45, 7) is 0. The molecule has 0 unspecified atom stereocenters. The summed E-state index contributed by atoms with van der Waals surface area (Å²) in [5.74, 6) is 1.18. The van der Waals surface area contributed by atoms with Crippen LogP contribution in [0.25, 0.3) is 87.2 Å². The molecule has 3 aromatic heterocycles. The van der Waals surface area contributed by atoms with E-state index in [0.717, 1.165) is 87.9 Å². The third-order valence-electron chi connectivity index (χ3n) is 10.4. The van der Waals surface area contributed by atoms with Crippen molar-refractivity contribution in [3.8, 4) is 40.1 Å². The van der Waals surface area contributed by atoms with Gasteiger partial charge in [-0.2, -0.15) is 5.26 Å². The van der Waals surface area contributed by atoms with E-state index in [1.54, 1.807) is 11.3 Å². The van der Waals surface area contributed by atoms with Gasteiger partial charge < -0.3 is 13.7 Å². The van der Waals surface area contributed by atoms with E-state index in [9.17, 15) is 5.26 Å². The van der Waals surface area contributed by atoms with E-state index in [0.29, 0.717) is 11.8 Å². The Morgan fingerprint density at radius 1 is 0.482 bits per heavy atom. The molecule has 11 aromatic rings. The lowest BCUT2D eigenvalue weighted by atomic mass is 9.99. The maximum atomic E-state index is 9.67. The van der Waals surface area contributed by atoms with Crippen LogP contribution < -0.4 is 4.90 Å². The van der Waals surface area contributed by atoms with Crippen LogP contribution in [-0.2, 0) is 0 Å². The van der Waals surface area contributed by atoms with E-state index in [1.807, 2.05) is 60.7 Å². The fourth-order valence-corrected chi connectivity index (χ4v) is 8.77. The highest BCUT2D eigenvalue weighted by Crippen LogP contribution is 2.41. The van der Waals surface area contributed by atoms with Gasteiger partial charge in [0.15, 0.2) is 11.2 Å². The molecule has 0 N–H and O–H groups in total. The predicted octanol–water partition coefficient (Wildman–Crippen LogP) is 13.8. The topological polar surface area (TPSA) is 79.1 Å². The Kier molecular flexibility index (Phi) is 7.31. The molecule has 11 rings (SSSR count). The normalized spacial score (nSPS) is 11.6. The molecule has 0 saturated heterocycles. The zero-order valence-corrected chi connectivity index (χ0v) is 30.5. The molecule has 0 spiro atoms. The lowest BCUT2D eigenvalue weighted by Gasteiger charge is -2.26. The molecule has 56 heavy (non-hydrogen) atoms. The first-order chi connectivity index (χ1) is 27.6. The minimum atomic E-state index is 0.590. The van der Waals surface area contributed by atoms with Gasteiger partial charge in [0.1, 0.15) is 17.1 Å². The summed E-state index contributed by atoms with van der Waals surface area (Å²) in [4.78, 5) is 11.7. The average molecular weight is 737 g/mol. The van der Waals surface area contributed by atoms with Gasteiger partial charge in [0.2, 0.25) is 11.8 Å². The molecule has 0 radical (unpaired) electrons. The minimum absolute atomic E-state index is 0.590. The van der Waals surface area contributed by atoms with Crippen molar-refractivity contribution in [2.75, 3.05) is 4.90 Å². The first-order valence-electron chi connectivity index (χ1n) is 18.3. The number of benzene rings is 8. The summed E-state index contributed by atoms with van der Waals surface area (Å²) < 4.78 is 14.4. The summed E-state index contributed by atoms with van der Waals surface area (Å²) in [7, 11) is 0. The van der Waals surface area contributed by atoms with Crippen molar-refractivity contribution in [1.82, 2.24) is 9.97 Å². The van der Waals surface area contributed by atoms with Gasteiger partial charge in [-0.1, -0.05) is 66.7 Å². The number of oxazole rings is 2. The van der Waals surface area contributed by atoms with Crippen molar-refractivity contribution < 1.29 is 8.83 Å². The van der Waals surface area contributed by atoms with Crippen LogP contribution in [0, 0.1) is 11.3 Å². The van der Waals surface area contributed by atoms with E-state index >= 15 is 0 Å². The van der Waals surface area contributed by atoms with Crippen molar-refractivity contribution >= 4 is 81.5 Å². The van der Waals surface area contributed by atoms with Gasteiger partial charge in [-0.15, -0.1) is 11.3 Å². The van der Waals surface area contributed by atoms with E-state index in [-0.39, 0.29) is 0 Å². The third kappa shape index (κ3) is 5.39. The first-order valence-corrected chi connectivity index (χ1v) is 19.1. The monoisotopic (exact) mass is 736 g/mol. The molecule has 0 aliphatic carbocycles. The summed E-state index contributed by atoms with van der Waals surface area (Å²) in [5, 5.41) is 14.3. The average Bonchev–Trinajstić information content (AvgIpc) is 3.99. The zero-order chi connectivity index (χ0) is 37.2. The van der Waals surface area contributed by atoms with E-state index in [2.05, 4.69) is 120 Å². The lowest BCUT2D eigenvalue weighted by molar-refractivity contribution is 0.619.